The van der Waals surface area contributed by atoms with Crippen molar-refractivity contribution in [3.63, 3.8) is 0 Å². The summed E-state index contributed by atoms with van der Waals surface area (Å²) in [5.41, 5.74) is 6.09. The van der Waals surface area contributed by atoms with Gasteiger partial charge in [0.2, 0.25) is 11.8 Å². The molecule has 6 heteroatoms. The number of rotatable bonds is 7. The normalized spacial score (nSPS) is 22.2. The summed E-state index contributed by atoms with van der Waals surface area (Å²) in [6, 6.07) is 7.77. The van der Waals surface area contributed by atoms with E-state index >= 15 is 0 Å². The van der Waals surface area contributed by atoms with Crippen LogP contribution in [0.4, 0.5) is 0 Å². The number of ether oxygens (including phenoxy) is 1. The highest BCUT2D eigenvalue weighted by molar-refractivity contribution is 5.91. The molecule has 0 spiro atoms. The van der Waals surface area contributed by atoms with Gasteiger partial charge in [-0.25, -0.2) is 0 Å². The van der Waals surface area contributed by atoms with Crippen molar-refractivity contribution in [3.8, 4) is 5.75 Å². The van der Waals surface area contributed by atoms with Crippen LogP contribution in [-0.4, -0.2) is 50.0 Å². The lowest BCUT2D eigenvalue weighted by Crippen LogP contribution is -2.45. The first kappa shape index (κ1) is 17.7. The fraction of sp³-hybridized carbons (Fsp3) is 0.579. The number of hydrogen-bond donors (Lipinski definition) is 2. The highest BCUT2D eigenvalue weighted by Gasteiger charge is 2.51. The van der Waals surface area contributed by atoms with Crippen LogP contribution >= 0.6 is 0 Å². The van der Waals surface area contributed by atoms with Gasteiger partial charge in [-0.3, -0.25) is 9.59 Å². The maximum atomic E-state index is 12.7. The van der Waals surface area contributed by atoms with Crippen molar-refractivity contribution in [1.29, 1.82) is 0 Å². The molecular weight excluding hydrogens is 318 g/mol. The fourth-order valence-electron chi connectivity index (χ4n) is 3.67. The quantitative estimate of drug-likeness (QED) is 0.773. The number of methoxy groups -OCH3 is 1. The molecule has 0 bridgehead atoms. The lowest BCUT2D eigenvalue weighted by Gasteiger charge is -2.31. The van der Waals surface area contributed by atoms with Crippen molar-refractivity contribution in [2.24, 2.45) is 11.7 Å². The minimum atomic E-state index is -0.371. The molecular formula is C19H27N3O3. The molecule has 1 aliphatic heterocycles. The molecule has 136 valence electrons. The number of hydrogen-bond acceptors (Lipinski definition) is 4. The molecule has 0 unspecified atom stereocenters. The lowest BCUT2D eigenvalue weighted by molar-refractivity contribution is -0.125. The Morgan fingerprint density at radius 3 is 2.64 bits per heavy atom. The second kappa shape index (κ2) is 7.44. The summed E-state index contributed by atoms with van der Waals surface area (Å²) in [5.74, 6) is 0.624. The number of likely N-dealkylation sites (tertiary alicyclic amines) is 1. The molecule has 1 saturated heterocycles. The summed E-state index contributed by atoms with van der Waals surface area (Å²) in [7, 11) is 1.64. The number of benzene rings is 1. The number of nitrogens with two attached hydrogens (primary N) is 1. The average molecular weight is 345 g/mol. The van der Waals surface area contributed by atoms with Crippen molar-refractivity contribution in [1.82, 2.24) is 10.2 Å². The van der Waals surface area contributed by atoms with Crippen LogP contribution in [0.2, 0.25) is 0 Å². The predicted molar refractivity (Wildman–Crippen MR) is 95.3 cm³/mol. The van der Waals surface area contributed by atoms with E-state index < -0.39 is 0 Å². The SMILES string of the molecule is COc1ccc(C2(C(=O)NCCN3CCC[C@@H](C(N)=O)C3)CC2)cc1. The molecule has 1 heterocycles. The summed E-state index contributed by atoms with van der Waals surface area (Å²) < 4.78 is 5.18. The van der Waals surface area contributed by atoms with Gasteiger partial charge in [-0.05, 0) is 49.9 Å². The molecule has 0 radical (unpaired) electrons. The monoisotopic (exact) mass is 345 g/mol. The Morgan fingerprint density at radius 1 is 1.32 bits per heavy atom. The molecule has 2 fully saturated rings. The molecule has 1 aromatic rings. The van der Waals surface area contributed by atoms with E-state index in [0.717, 1.165) is 50.1 Å². The Balaban J connectivity index is 1.49. The van der Waals surface area contributed by atoms with Crippen molar-refractivity contribution < 1.29 is 14.3 Å². The van der Waals surface area contributed by atoms with Crippen molar-refractivity contribution in [2.45, 2.75) is 31.1 Å². The Hall–Kier alpha value is -2.08. The number of amides is 2. The first-order valence-corrected chi connectivity index (χ1v) is 9.00. The third-order valence-corrected chi connectivity index (χ3v) is 5.45. The first-order chi connectivity index (χ1) is 12.0. The Morgan fingerprint density at radius 2 is 2.04 bits per heavy atom. The van der Waals surface area contributed by atoms with Crippen LogP contribution in [0.25, 0.3) is 0 Å². The van der Waals surface area contributed by atoms with Crippen LogP contribution in [0.1, 0.15) is 31.2 Å². The summed E-state index contributed by atoms with van der Waals surface area (Å²) in [6.07, 6.45) is 3.63. The Bertz CT molecular complexity index is 625. The van der Waals surface area contributed by atoms with E-state index in [1.165, 1.54) is 0 Å². The van der Waals surface area contributed by atoms with E-state index in [1.54, 1.807) is 7.11 Å². The smallest absolute Gasteiger partial charge is 0.230 e. The predicted octanol–water partition coefficient (Wildman–Crippen LogP) is 1.04. The Labute approximate surface area is 148 Å². The minimum Gasteiger partial charge on any atom is -0.497 e. The largest absolute Gasteiger partial charge is 0.497 e. The molecule has 2 amide bonds. The summed E-state index contributed by atoms with van der Waals surface area (Å²) in [6.45, 7) is 3.02. The standard InChI is InChI=1S/C19H27N3O3/c1-25-16-6-4-15(5-7-16)19(8-9-19)18(24)21-10-12-22-11-2-3-14(13-22)17(20)23/h4-7,14H,2-3,8-13H2,1H3,(H2,20,23)(H,21,24)/t14-/m1/s1. The molecule has 3 rings (SSSR count). The molecule has 6 nitrogen and oxygen atoms in total. The fourth-order valence-corrected chi connectivity index (χ4v) is 3.67. The van der Waals surface area contributed by atoms with Crippen molar-refractivity contribution in [2.75, 3.05) is 33.3 Å². The maximum Gasteiger partial charge on any atom is 0.230 e. The highest BCUT2D eigenvalue weighted by Crippen LogP contribution is 2.48. The molecule has 3 N–H and O–H groups in total. The third-order valence-electron chi connectivity index (χ3n) is 5.45. The van der Waals surface area contributed by atoms with Crippen LogP contribution < -0.4 is 15.8 Å². The highest BCUT2D eigenvalue weighted by atomic mass is 16.5. The van der Waals surface area contributed by atoms with Gasteiger partial charge in [-0.15, -0.1) is 0 Å². The average Bonchev–Trinajstić information content (AvgIpc) is 3.44. The van der Waals surface area contributed by atoms with E-state index in [1.807, 2.05) is 24.3 Å². The number of nitrogens with one attached hydrogen (secondary N) is 1. The van der Waals surface area contributed by atoms with E-state index in [4.69, 9.17) is 10.5 Å². The second-order valence-electron chi connectivity index (χ2n) is 7.11. The molecule has 1 atom stereocenters. The minimum absolute atomic E-state index is 0.0569. The van der Waals surface area contributed by atoms with E-state index in [0.29, 0.717) is 13.1 Å². The zero-order chi connectivity index (χ0) is 17.9. The van der Waals surface area contributed by atoms with Gasteiger partial charge in [0.1, 0.15) is 5.75 Å². The van der Waals surface area contributed by atoms with E-state index in [2.05, 4.69) is 10.2 Å². The van der Waals surface area contributed by atoms with Gasteiger partial charge in [0, 0.05) is 19.6 Å². The van der Waals surface area contributed by atoms with Gasteiger partial charge in [-0.2, -0.15) is 0 Å². The summed E-state index contributed by atoms with van der Waals surface area (Å²) in [4.78, 5) is 26.2. The van der Waals surface area contributed by atoms with Gasteiger partial charge in [0.25, 0.3) is 0 Å². The maximum absolute atomic E-state index is 12.7. The van der Waals surface area contributed by atoms with Crippen LogP contribution in [-0.2, 0) is 15.0 Å². The number of piperidine rings is 1. The molecule has 0 aromatic heterocycles. The number of carbonyl (C=O) groups is 2. The molecule has 1 aromatic carbocycles. The summed E-state index contributed by atoms with van der Waals surface area (Å²) >= 11 is 0. The zero-order valence-electron chi connectivity index (χ0n) is 14.8. The third kappa shape index (κ3) is 3.95. The van der Waals surface area contributed by atoms with Crippen LogP contribution in [0.15, 0.2) is 24.3 Å². The van der Waals surface area contributed by atoms with Gasteiger partial charge in [0.05, 0.1) is 18.4 Å². The van der Waals surface area contributed by atoms with Crippen molar-refractivity contribution in [3.05, 3.63) is 29.8 Å². The molecule has 1 aliphatic carbocycles. The van der Waals surface area contributed by atoms with Crippen LogP contribution in [0.5, 0.6) is 5.75 Å². The zero-order valence-corrected chi connectivity index (χ0v) is 14.8. The van der Waals surface area contributed by atoms with Crippen LogP contribution in [0.3, 0.4) is 0 Å². The molecule has 2 aliphatic rings. The second-order valence-corrected chi connectivity index (χ2v) is 7.11. The number of carbonyl (C=O) groups excluding carboxylic acids is 2. The van der Waals surface area contributed by atoms with Gasteiger partial charge in [0.15, 0.2) is 0 Å². The first-order valence-electron chi connectivity index (χ1n) is 9.00. The van der Waals surface area contributed by atoms with Crippen molar-refractivity contribution >= 4 is 11.8 Å². The van der Waals surface area contributed by atoms with Gasteiger partial charge >= 0.3 is 0 Å². The topological polar surface area (TPSA) is 84.7 Å². The summed E-state index contributed by atoms with van der Waals surface area (Å²) in [5, 5.41) is 3.08. The number of primary amides is 1. The number of nitrogens with zero attached hydrogens (tertiary/aromatic N) is 1. The Kier molecular flexibility index (Phi) is 5.27. The molecule has 25 heavy (non-hydrogen) atoms. The van der Waals surface area contributed by atoms with E-state index in [-0.39, 0.29) is 23.1 Å². The van der Waals surface area contributed by atoms with Gasteiger partial charge in [-0.1, -0.05) is 12.1 Å². The lowest BCUT2D eigenvalue weighted by atomic mass is 9.95. The van der Waals surface area contributed by atoms with Gasteiger partial charge < -0.3 is 20.7 Å². The molecule has 1 saturated carbocycles. The van der Waals surface area contributed by atoms with Crippen LogP contribution in [0, 0.1) is 5.92 Å². The van der Waals surface area contributed by atoms with E-state index in [9.17, 15) is 9.59 Å².